The van der Waals surface area contributed by atoms with Gasteiger partial charge >= 0.3 is 13.6 Å². The second kappa shape index (κ2) is 6.54. The molecule has 0 aliphatic carbocycles. The summed E-state index contributed by atoms with van der Waals surface area (Å²) in [4.78, 5) is 11.3. The number of hydrogen-bond acceptors (Lipinski definition) is 5. The van der Waals surface area contributed by atoms with Gasteiger partial charge in [0.15, 0.2) is 0 Å². The average molecular weight is 268 g/mol. The molecule has 0 aromatic rings. The maximum atomic E-state index is 11.6. The molecule has 0 rings (SSSR count). The number of carbonyl (C=O) groups is 1. The molecule has 7 heteroatoms. The number of ether oxygens (including phenoxy) is 1. The summed E-state index contributed by atoms with van der Waals surface area (Å²) in [5, 5.41) is 0. The van der Waals surface area contributed by atoms with E-state index in [2.05, 4.69) is 28.7 Å². The van der Waals surface area contributed by atoms with Gasteiger partial charge in [-0.25, -0.2) is 0 Å². The first-order chi connectivity index (χ1) is 7.22. The second-order valence-electron chi connectivity index (χ2n) is 4.67. The maximum absolute atomic E-state index is 11.6. The molecule has 0 aliphatic rings. The molecule has 0 aromatic carbocycles. The minimum atomic E-state index is -3.28. The van der Waals surface area contributed by atoms with Gasteiger partial charge in [-0.3, -0.25) is 9.36 Å². The van der Waals surface area contributed by atoms with E-state index in [4.69, 9.17) is 4.74 Å². The lowest BCUT2D eigenvalue weighted by molar-refractivity contribution is -0.140. The summed E-state index contributed by atoms with van der Waals surface area (Å²) in [6.07, 6.45) is -0.328. The largest absolute Gasteiger partial charge is 0.466 e. The van der Waals surface area contributed by atoms with Gasteiger partial charge in [-0.1, -0.05) is 19.6 Å². The quantitative estimate of drug-likeness (QED) is 0.403. The fraction of sp³-hybridized carbons (Fsp3) is 0.889. The van der Waals surface area contributed by atoms with Gasteiger partial charge in [0.25, 0.3) is 0 Å². The van der Waals surface area contributed by atoms with Crippen LogP contribution in [0.3, 0.4) is 0 Å². The molecular weight excluding hydrogens is 247 g/mol. The third-order valence-corrected chi connectivity index (χ3v) is 5.46. The molecule has 0 saturated heterocycles. The molecular formula is C9H21O5PSi. The minimum absolute atomic E-state index is 0.328. The SMILES string of the molecule is COP(=O)(CC(=O)OCC[Si](C)(C)C)OC. The van der Waals surface area contributed by atoms with Crippen molar-refractivity contribution in [3.63, 3.8) is 0 Å². The molecule has 0 N–H and O–H groups in total. The molecule has 16 heavy (non-hydrogen) atoms. The van der Waals surface area contributed by atoms with E-state index in [9.17, 15) is 9.36 Å². The number of rotatable bonds is 7. The first kappa shape index (κ1) is 15.8. The second-order valence-corrected chi connectivity index (χ2v) is 12.6. The summed E-state index contributed by atoms with van der Waals surface area (Å²) in [5.41, 5.74) is 0. The molecule has 0 aliphatic heterocycles. The van der Waals surface area contributed by atoms with Crippen molar-refractivity contribution in [3.05, 3.63) is 0 Å². The van der Waals surface area contributed by atoms with Crippen LogP contribution in [0.1, 0.15) is 0 Å². The Morgan fingerprint density at radius 2 is 1.69 bits per heavy atom. The van der Waals surface area contributed by atoms with Crippen LogP contribution in [0.2, 0.25) is 25.7 Å². The Bertz CT molecular complexity index is 266. The first-order valence-electron chi connectivity index (χ1n) is 5.08. The standard InChI is InChI=1S/C9H21O5PSi/c1-12-15(11,13-2)8-9(10)14-6-7-16(3,4)5/h6-8H2,1-5H3. The van der Waals surface area contributed by atoms with Crippen LogP contribution in [-0.2, 0) is 23.1 Å². The highest BCUT2D eigenvalue weighted by Gasteiger charge is 2.26. The summed E-state index contributed by atoms with van der Waals surface area (Å²) < 4.78 is 25.9. The lowest BCUT2D eigenvalue weighted by atomic mass is 10.7. The van der Waals surface area contributed by atoms with Crippen molar-refractivity contribution in [1.82, 2.24) is 0 Å². The van der Waals surface area contributed by atoms with Gasteiger partial charge in [-0.15, -0.1) is 0 Å². The van der Waals surface area contributed by atoms with Crippen molar-refractivity contribution in [2.24, 2.45) is 0 Å². The van der Waals surface area contributed by atoms with Gasteiger partial charge in [0.05, 0.1) is 6.61 Å². The van der Waals surface area contributed by atoms with Gasteiger partial charge in [0.1, 0.15) is 6.16 Å². The first-order valence-corrected chi connectivity index (χ1v) is 10.5. The zero-order chi connectivity index (χ0) is 12.8. The van der Waals surface area contributed by atoms with E-state index in [0.29, 0.717) is 6.61 Å². The molecule has 0 atom stereocenters. The third kappa shape index (κ3) is 7.17. The highest BCUT2D eigenvalue weighted by Crippen LogP contribution is 2.45. The Morgan fingerprint density at radius 3 is 2.06 bits per heavy atom. The van der Waals surface area contributed by atoms with E-state index >= 15 is 0 Å². The molecule has 0 fully saturated rings. The van der Waals surface area contributed by atoms with E-state index in [0.717, 1.165) is 6.04 Å². The summed E-state index contributed by atoms with van der Waals surface area (Å²) in [5.74, 6) is -0.537. The predicted octanol–water partition coefficient (Wildman–Crippen LogP) is 2.35. The molecule has 0 amide bonds. The molecule has 96 valence electrons. The lowest BCUT2D eigenvalue weighted by Crippen LogP contribution is -2.23. The van der Waals surface area contributed by atoms with Gasteiger partial charge in [-0.2, -0.15) is 0 Å². The van der Waals surface area contributed by atoms with E-state index in [1.54, 1.807) is 0 Å². The van der Waals surface area contributed by atoms with Crippen LogP contribution in [0, 0.1) is 0 Å². The van der Waals surface area contributed by atoms with Crippen LogP contribution in [0.5, 0.6) is 0 Å². The Kier molecular flexibility index (Phi) is 6.48. The summed E-state index contributed by atoms with van der Waals surface area (Å²) in [7, 11) is -1.99. The van der Waals surface area contributed by atoms with Crippen LogP contribution in [0.15, 0.2) is 0 Å². The average Bonchev–Trinajstić information content (AvgIpc) is 2.15. The molecule has 0 heterocycles. The highest BCUT2D eigenvalue weighted by molar-refractivity contribution is 7.54. The van der Waals surface area contributed by atoms with Crippen molar-refractivity contribution >= 4 is 21.6 Å². The van der Waals surface area contributed by atoms with E-state index in [1.807, 2.05) is 0 Å². The monoisotopic (exact) mass is 268 g/mol. The van der Waals surface area contributed by atoms with E-state index in [1.165, 1.54) is 14.2 Å². The van der Waals surface area contributed by atoms with Gasteiger partial charge < -0.3 is 13.8 Å². The number of esters is 1. The molecule has 0 bridgehead atoms. The van der Waals surface area contributed by atoms with Gasteiger partial charge in [0.2, 0.25) is 0 Å². The molecule has 0 spiro atoms. The number of hydrogen-bond donors (Lipinski definition) is 0. The van der Waals surface area contributed by atoms with Crippen LogP contribution in [0.25, 0.3) is 0 Å². The van der Waals surface area contributed by atoms with E-state index in [-0.39, 0.29) is 6.16 Å². The lowest BCUT2D eigenvalue weighted by Gasteiger charge is -2.16. The van der Waals surface area contributed by atoms with Crippen LogP contribution in [-0.4, -0.2) is 41.0 Å². The van der Waals surface area contributed by atoms with Crippen molar-refractivity contribution < 1.29 is 23.1 Å². The minimum Gasteiger partial charge on any atom is -0.466 e. The van der Waals surface area contributed by atoms with Gasteiger partial charge in [-0.05, 0) is 6.04 Å². The fourth-order valence-corrected chi connectivity index (χ4v) is 2.41. The Morgan fingerprint density at radius 1 is 1.19 bits per heavy atom. The summed E-state index contributed by atoms with van der Waals surface area (Å²) in [6, 6.07) is 0.892. The smallest absolute Gasteiger partial charge is 0.341 e. The van der Waals surface area contributed by atoms with Crippen molar-refractivity contribution in [3.8, 4) is 0 Å². The van der Waals surface area contributed by atoms with E-state index < -0.39 is 21.6 Å². The predicted molar refractivity (Wildman–Crippen MR) is 65.6 cm³/mol. The van der Waals surface area contributed by atoms with Crippen molar-refractivity contribution in [1.29, 1.82) is 0 Å². The Hall–Kier alpha value is -0.163. The van der Waals surface area contributed by atoms with Crippen molar-refractivity contribution in [2.75, 3.05) is 27.0 Å². The van der Waals surface area contributed by atoms with Crippen LogP contribution >= 0.6 is 7.60 Å². The molecule has 0 saturated carbocycles. The zero-order valence-corrected chi connectivity index (χ0v) is 12.5. The van der Waals surface area contributed by atoms with Crippen LogP contribution < -0.4 is 0 Å². The zero-order valence-electron chi connectivity index (χ0n) is 10.6. The fourth-order valence-electron chi connectivity index (χ4n) is 0.878. The summed E-state index contributed by atoms with van der Waals surface area (Å²) >= 11 is 0. The normalized spacial score (nSPS) is 12.6. The topological polar surface area (TPSA) is 61.8 Å². The van der Waals surface area contributed by atoms with Gasteiger partial charge in [0, 0.05) is 22.3 Å². The number of carbonyl (C=O) groups excluding carboxylic acids is 1. The summed E-state index contributed by atoms with van der Waals surface area (Å²) in [6.45, 7) is 6.95. The van der Waals surface area contributed by atoms with Crippen molar-refractivity contribution in [2.45, 2.75) is 25.7 Å². The molecule has 0 unspecified atom stereocenters. The highest BCUT2D eigenvalue weighted by atomic mass is 31.2. The maximum Gasteiger partial charge on any atom is 0.341 e. The molecule has 0 aromatic heterocycles. The molecule has 5 nitrogen and oxygen atoms in total. The van der Waals surface area contributed by atoms with Crippen LogP contribution in [0.4, 0.5) is 0 Å². The molecule has 0 radical (unpaired) electrons. The Balaban J connectivity index is 3.96. The third-order valence-electron chi connectivity index (χ3n) is 1.99. The Labute approximate surface area is 98.0 Å².